The maximum Gasteiger partial charge on any atom is 0.310 e. The van der Waals surface area contributed by atoms with Gasteiger partial charge in [0.1, 0.15) is 11.5 Å². The number of hydrogen-bond acceptors (Lipinski definition) is 4. The van der Waals surface area contributed by atoms with Crippen LogP contribution in [-0.4, -0.2) is 22.8 Å². The molecule has 0 amide bonds. The van der Waals surface area contributed by atoms with Crippen LogP contribution in [0.2, 0.25) is 0 Å². The van der Waals surface area contributed by atoms with Gasteiger partial charge in [0.2, 0.25) is 0 Å². The molecule has 4 heteroatoms. The topological polar surface area (TPSA) is 66.8 Å². The number of phenols is 2. The molecule has 0 aliphatic carbocycles. The number of phenolic OH excluding ortho intramolecular Hbond substituents is 2. The first-order chi connectivity index (χ1) is 12.1. The van der Waals surface area contributed by atoms with Gasteiger partial charge >= 0.3 is 5.97 Å². The third kappa shape index (κ3) is 11.5. The van der Waals surface area contributed by atoms with Crippen LogP contribution in [0.4, 0.5) is 0 Å². The van der Waals surface area contributed by atoms with Crippen LogP contribution in [0.1, 0.15) is 83.1 Å². The number of rotatable bonds is 14. The summed E-state index contributed by atoms with van der Waals surface area (Å²) in [5, 5.41) is 18.8. The third-order valence-corrected chi connectivity index (χ3v) is 4.32. The SMILES string of the molecule is CCCCCCCCCCCCCOC(=O)Cc1cc(O)cc(O)c1. The highest BCUT2D eigenvalue weighted by Crippen LogP contribution is 2.20. The molecule has 0 aliphatic heterocycles. The summed E-state index contributed by atoms with van der Waals surface area (Å²) in [5.41, 5.74) is 0.557. The molecule has 0 saturated carbocycles. The summed E-state index contributed by atoms with van der Waals surface area (Å²) >= 11 is 0. The van der Waals surface area contributed by atoms with E-state index in [0.717, 1.165) is 12.8 Å². The van der Waals surface area contributed by atoms with E-state index in [0.29, 0.717) is 12.2 Å². The number of aromatic hydroxyl groups is 2. The molecule has 0 saturated heterocycles. The summed E-state index contributed by atoms with van der Waals surface area (Å²) in [6.45, 7) is 2.69. The second-order valence-electron chi connectivity index (χ2n) is 6.79. The zero-order chi connectivity index (χ0) is 18.3. The van der Waals surface area contributed by atoms with Crippen LogP contribution in [0.5, 0.6) is 11.5 Å². The van der Waals surface area contributed by atoms with Crippen molar-refractivity contribution in [3.63, 3.8) is 0 Å². The Kier molecular flexibility index (Phi) is 11.6. The number of ether oxygens (including phenoxy) is 1. The van der Waals surface area contributed by atoms with E-state index in [-0.39, 0.29) is 23.9 Å². The Morgan fingerprint density at radius 2 is 1.28 bits per heavy atom. The van der Waals surface area contributed by atoms with Crippen LogP contribution in [0.25, 0.3) is 0 Å². The third-order valence-electron chi connectivity index (χ3n) is 4.32. The molecule has 0 heterocycles. The van der Waals surface area contributed by atoms with Crippen molar-refractivity contribution in [1.29, 1.82) is 0 Å². The second kappa shape index (κ2) is 13.6. The predicted octanol–water partition coefficient (Wildman–Crippen LogP) is 5.49. The summed E-state index contributed by atoms with van der Waals surface area (Å²) < 4.78 is 5.21. The van der Waals surface area contributed by atoms with Crippen molar-refractivity contribution in [2.75, 3.05) is 6.61 Å². The normalized spacial score (nSPS) is 10.8. The van der Waals surface area contributed by atoms with Crippen molar-refractivity contribution in [3.8, 4) is 11.5 Å². The lowest BCUT2D eigenvalue weighted by atomic mass is 10.1. The fraction of sp³-hybridized carbons (Fsp3) is 0.667. The van der Waals surface area contributed by atoms with Crippen LogP contribution in [0.15, 0.2) is 18.2 Å². The van der Waals surface area contributed by atoms with Gasteiger partial charge in [-0.1, -0.05) is 71.1 Å². The van der Waals surface area contributed by atoms with Gasteiger partial charge in [-0.25, -0.2) is 0 Å². The van der Waals surface area contributed by atoms with Crippen molar-refractivity contribution in [3.05, 3.63) is 23.8 Å². The number of carbonyl (C=O) groups is 1. The molecular formula is C21H34O4. The fourth-order valence-corrected chi connectivity index (χ4v) is 2.93. The molecule has 0 unspecified atom stereocenters. The maximum absolute atomic E-state index is 11.7. The predicted molar refractivity (Wildman–Crippen MR) is 101 cm³/mol. The van der Waals surface area contributed by atoms with Gasteiger partial charge in [-0.15, -0.1) is 0 Å². The van der Waals surface area contributed by atoms with Crippen LogP contribution < -0.4 is 0 Å². The molecular weight excluding hydrogens is 316 g/mol. The van der Waals surface area contributed by atoms with E-state index in [9.17, 15) is 15.0 Å². The Hall–Kier alpha value is -1.71. The zero-order valence-corrected chi connectivity index (χ0v) is 15.6. The lowest BCUT2D eigenvalue weighted by molar-refractivity contribution is -0.142. The summed E-state index contributed by atoms with van der Waals surface area (Å²) in [4.78, 5) is 11.7. The van der Waals surface area contributed by atoms with Crippen molar-refractivity contribution < 1.29 is 19.7 Å². The van der Waals surface area contributed by atoms with Crippen molar-refractivity contribution in [2.24, 2.45) is 0 Å². The Morgan fingerprint density at radius 3 is 1.80 bits per heavy atom. The fourth-order valence-electron chi connectivity index (χ4n) is 2.93. The van der Waals surface area contributed by atoms with Gasteiger partial charge in [0.05, 0.1) is 13.0 Å². The Balaban J connectivity index is 1.94. The lowest BCUT2D eigenvalue weighted by Gasteiger charge is -2.06. The van der Waals surface area contributed by atoms with E-state index < -0.39 is 0 Å². The van der Waals surface area contributed by atoms with Gasteiger partial charge in [-0.2, -0.15) is 0 Å². The van der Waals surface area contributed by atoms with Gasteiger partial charge in [-0.05, 0) is 24.1 Å². The molecule has 0 aliphatic rings. The average Bonchev–Trinajstić information content (AvgIpc) is 2.55. The van der Waals surface area contributed by atoms with Crippen LogP contribution in [-0.2, 0) is 16.0 Å². The van der Waals surface area contributed by atoms with E-state index in [2.05, 4.69) is 6.92 Å². The number of benzene rings is 1. The minimum atomic E-state index is -0.322. The standard InChI is InChI=1S/C21H34O4/c1-2-3-4-5-6-7-8-9-10-11-12-13-25-21(24)16-18-14-19(22)17-20(23)15-18/h14-15,17,22-23H,2-13,16H2,1H3. The summed E-state index contributed by atoms with van der Waals surface area (Å²) in [5.74, 6) is -0.418. The van der Waals surface area contributed by atoms with Crippen LogP contribution >= 0.6 is 0 Å². The average molecular weight is 350 g/mol. The van der Waals surface area contributed by atoms with Gasteiger partial charge in [0.15, 0.2) is 0 Å². The second-order valence-corrected chi connectivity index (χ2v) is 6.79. The lowest BCUT2D eigenvalue weighted by Crippen LogP contribution is -2.09. The number of esters is 1. The Labute approximate surface area is 152 Å². The first-order valence-electron chi connectivity index (χ1n) is 9.79. The highest BCUT2D eigenvalue weighted by Gasteiger charge is 2.07. The zero-order valence-electron chi connectivity index (χ0n) is 15.6. The number of carbonyl (C=O) groups excluding carboxylic acids is 1. The quantitative estimate of drug-likeness (QED) is 0.344. The summed E-state index contributed by atoms with van der Waals surface area (Å²) in [6, 6.07) is 4.16. The minimum Gasteiger partial charge on any atom is -0.508 e. The van der Waals surface area contributed by atoms with Gasteiger partial charge in [-0.3, -0.25) is 4.79 Å². The van der Waals surface area contributed by atoms with Crippen molar-refractivity contribution >= 4 is 5.97 Å². The minimum absolute atomic E-state index is 0.0480. The molecule has 25 heavy (non-hydrogen) atoms. The monoisotopic (exact) mass is 350 g/mol. The van der Waals surface area contributed by atoms with Crippen molar-refractivity contribution in [1.82, 2.24) is 0 Å². The number of unbranched alkanes of at least 4 members (excludes halogenated alkanes) is 10. The van der Waals surface area contributed by atoms with Gasteiger partial charge in [0.25, 0.3) is 0 Å². The molecule has 2 N–H and O–H groups in total. The number of hydrogen-bond donors (Lipinski definition) is 2. The molecule has 0 atom stereocenters. The van der Waals surface area contributed by atoms with Crippen LogP contribution in [0, 0.1) is 0 Å². The first-order valence-corrected chi connectivity index (χ1v) is 9.79. The summed E-state index contributed by atoms with van der Waals surface area (Å²) in [6.07, 6.45) is 14.0. The maximum atomic E-state index is 11.7. The van der Waals surface area contributed by atoms with Gasteiger partial charge < -0.3 is 14.9 Å². The largest absolute Gasteiger partial charge is 0.508 e. The smallest absolute Gasteiger partial charge is 0.310 e. The Morgan fingerprint density at radius 1 is 0.800 bits per heavy atom. The highest BCUT2D eigenvalue weighted by molar-refractivity contribution is 5.72. The molecule has 1 aromatic rings. The van der Waals surface area contributed by atoms with E-state index >= 15 is 0 Å². The van der Waals surface area contributed by atoms with E-state index in [4.69, 9.17) is 4.74 Å². The van der Waals surface area contributed by atoms with E-state index in [1.165, 1.54) is 76.0 Å². The Bertz CT molecular complexity index is 465. The molecule has 4 nitrogen and oxygen atoms in total. The van der Waals surface area contributed by atoms with Gasteiger partial charge in [0, 0.05) is 6.07 Å². The van der Waals surface area contributed by atoms with E-state index in [1.807, 2.05) is 0 Å². The molecule has 1 aromatic carbocycles. The van der Waals surface area contributed by atoms with Crippen LogP contribution in [0.3, 0.4) is 0 Å². The molecule has 0 radical (unpaired) electrons. The highest BCUT2D eigenvalue weighted by atomic mass is 16.5. The molecule has 142 valence electrons. The molecule has 1 rings (SSSR count). The molecule has 0 aromatic heterocycles. The molecule has 0 bridgehead atoms. The van der Waals surface area contributed by atoms with Crippen molar-refractivity contribution in [2.45, 2.75) is 84.0 Å². The first kappa shape index (κ1) is 21.3. The van der Waals surface area contributed by atoms with E-state index in [1.54, 1.807) is 0 Å². The molecule has 0 spiro atoms. The molecule has 0 fully saturated rings. The summed E-state index contributed by atoms with van der Waals surface area (Å²) in [7, 11) is 0.